The molecule has 0 bridgehead atoms. The second-order valence-electron chi connectivity index (χ2n) is 3.75. The number of nitrogens with one attached hydrogen (secondary N) is 1. The number of rotatable bonds is 9. The number of carboxylic acids is 1. The van der Waals surface area contributed by atoms with Crippen molar-refractivity contribution in [1.29, 1.82) is 0 Å². The fraction of sp³-hybridized carbons (Fsp3) is 0.462. The molecule has 0 atom stereocenters. The number of aromatic carboxylic acids is 1. The predicted molar refractivity (Wildman–Crippen MR) is 71.1 cm³/mol. The van der Waals surface area contributed by atoms with Crippen LogP contribution in [-0.2, 0) is 9.47 Å². The molecule has 0 saturated carbocycles. The van der Waals surface area contributed by atoms with E-state index in [9.17, 15) is 4.79 Å². The normalized spacial score (nSPS) is 10.2. The van der Waals surface area contributed by atoms with E-state index < -0.39 is 5.97 Å². The van der Waals surface area contributed by atoms with Crippen molar-refractivity contribution in [2.24, 2.45) is 0 Å². The van der Waals surface area contributed by atoms with Crippen LogP contribution in [0.5, 0.6) is 5.75 Å². The van der Waals surface area contributed by atoms with Gasteiger partial charge in [0.25, 0.3) is 0 Å². The quantitative estimate of drug-likeness (QED) is 0.661. The Morgan fingerprint density at radius 2 is 2.05 bits per heavy atom. The first kappa shape index (κ1) is 15.3. The van der Waals surface area contributed by atoms with Crippen molar-refractivity contribution in [3.8, 4) is 5.75 Å². The van der Waals surface area contributed by atoms with Crippen molar-refractivity contribution in [3.05, 3.63) is 23.8 Å². The maximum absolute atomic E-state index is 11.1. The van der Waals surface area contributed by atoms with E-state index in [0.29, 0.717) is 37.8 Å². The van der Waals surface area contributed by atoms with Crippen LogP contribution in [0.25, 0.3) is 0 Å². The van der Waals surface area contributed by atoms with Crippen LogP contribution >= 0.6 is 0 Å². The number of ether oxygens (including phenoxy) is 3. The molecule has 2 N–H and O–H groups in total. The van der Waals surface area contributed by atoms with Gasteiger partial charge in [-0.3, -0.25) is 0 Å². The maximum atomic E-state index is 11.1. The van der Waals surface area contributed by atoms with Gasteiger partial charge in [0.2, 0.25) is 0 Å². The average molecular weight is 269 g/mol. The van der Waals surface area contributed by atoms with Crippen molar-refractivity contribution in [2.75, 3.05) is 45.9 Å². The van der Waals surface area contributed by atoms with Crippen molar-refractivity contribution in [2.45, 2.75) is 0 Å². The Hall–Kier alpha value is -1.79. The van der Waals surface area contributed by atoms with E-state index in [1.165, 1.54) is 13.2 Å². The van der Waals surface area contributed by atoms with Crippen LogP contribution < -0.4 is 10.1 Å². The van der Waals surface area contributed by atoms with Gasteiger partial charge < -0.3 is 24.6 Å². The molecule has 0 unspecified atom stereocenters. The number of methoxy groups -OCH3 is 2. The SMILES string of the molecule is COCCOCCNc1cc(OC)ccc1C(=O)O. The minimum atomic E-state index is -0.981. The smallest absolute Gasteiger partial charge is 0.337 e. The number of anilines is 1. The standard InChI is InChI=1S/C13H19NO5/c1-17-7-8-19-6-5-14-12-9-10(18-2)3-4-11(12)13(15)16/h3-4,9,14H,5-8H2,1-2H3,(H,15,16). The van der Waals surface area contributed by atoms with Gasteiger partial charge in [0, 0.05) is 19.7 Å². The van der Waals surface area contributed by atoms with Crippen LogP contribution in [0.15, 0.2) is 18.2 Å². The van der Waals surface area contributed by atoms with Crippen LogP contribution in [0, 0.1) is 0 Å². The molecule has 0 heterocycles. The Balaban J connectivity index is 2.52. The van der Waals surface area contributed by atoms with Gasteiger partial charge in [0.1, 0.15) is 5.75 Å². The summed E-state index contributed by atoms with van der Waals surface area (Å²) in [5.74, 6) is -0.377. The molecule has 1 rings (SSSR count). The van der Waals surface area contributed by atoms with Crippen molar-refractivity contribution in [3.63, 3.8) is 0 Å². The Kier molecular flexibility index (Phi) is 6.70. The minimum Gasteiger partial charge on any atom is -0.497 e. The summed E-state index contributed by atoms with van der Waals surface area (Å²) >= 11 is 0. The molecule has 0 spiro atoms. The van der Waals surface area contributed by atoms with E-state index >= 15 is 0 Å². The first-order valence-corrected chi connectivity index (χ1v) is 5.91. The third kappa shape index (κ3) is 5.15. The molecule has 106 valence electrons. The molecule has 0 saturated heterocycles. The average Bonchev–Trinajstić information content (AvgIpc) is 2.42. The first-order valence-electron chi connectivity index (χ1n) is 5.91. The van der Waals surface area contributed by atoms with E-state index in [1.807, 2.05) is 0 Å². The summed E-state index contributed by atoms with van der Waals surface area (Å²) in [7, 11) is 3.14. The molecule has 6 nitrogen and oxygen atoms in total. The molecule has 1 aromatic rings. The van der Waals surface area contributed by atoms with Gasteiger partial charge in [-0.25, -0.2) is 4.79 Å². The van der Waals surface area contributed by atoms with Crippen LogP contribution in [0.4, 0.5) is 5.69 Å². The van der Waals surface area contributed by atoms with Gasteiger partial charge in [-0.1, -0.05) is 0 Å². The third-order valence-corrected chi connectivity index (χ3v) is 2.45. The van der Waals surface area contributed by atoms with Crippen molar-refractivity contribution in [1.82, 2.24) is 0 Å². The minimum absolute atomic E-state index is 0.206. The van der Waals surface area contributed by atoms with Gasteiger partial charge in [-0.15, -0.1) is 0 Å². The van der Waals surface area contributed by atoms with Crippen LogP contribution in [-0.4, -0.2) is 51.7 Å². The number of carboxylic acid groups (broad SMARTS) is 1. The Morgan fingerprint density at radius 3 is 2.68 bits per heavy atom. The molecule has 6 heteroatoms. The summed E-state index contributed by atoms with van der Waals surface area (Å²) in [5.41, 5.74) is 0.722. The summed E-state index contributed by atoms with van der Waals surface area (Å²) in [4.78, 5) is 11.1. The Labute approximate surface area is 112 Å². The molecule has 0 aromatic heterocycles. The number of hydrogen-bond acceptors (Lipinski definition) is 5. The van der Waals surface area contributed by atoms with E-state index in [2.05, 4.69) is 5.32 Å². The van der Waals surface area contributed by atoms with Gasteiger partial charge in [-0.2, -0.15) is 0 Å². The zero-order valence-corrected chi connectivity index (χ0v) is 11.1. The summed E-state index contributed by atoms with van der Waals surface area (Å²) in [6.45, 7) is 2.04. The Bertz CT molecular complexity index is 408. The highest BCUT2D eigenvalue weighted by molar-refractivity contribution is 5.94. The van der Waals surface area contributed by atoms with Gasteiger partial charge in [-0.05, 0) is 12.1 Å². The highest BCUT2D eigenvalue weighted by atomic mass is 16.5. The lowest BCUT2D eigenvalue weighted by Crippen LogP contribution is -2.14. The predicted octanol–water partition coefficient (Wildman–Crippen LogP) is 1.47. The summed E-state index contributed by atoms with van der Waals surface area (Å²) in [5, 5.41) is 12.1. The second kappa shape index (κ2) is 8.34. The summed E-state index contributed by atoms with van der Waals surface area (Å²) in [6, 6.07) is 4.78. The monoisotopic (exact) mass is 269 g/mol. The highest BCUT2D eigenvalue weighted by Crippen LogP contribution is 2.22. The van der Waals surface area contributed by atoms with Gasteiger partial charge in [0.15, 0.2) is 0 Å². The summed E-state index contributed by atoms with van der Waals surface area (Å²) < 4.78 is 15.2. The molecule has 0 aliphatic rings. The molecular formula is C13H19NO5. The molecular weight excluding hydrogens is 250 g/mol. The van der Waals surface area contributed by atoms with Gasteiger partial charge in [0.05, 0.1) is 38.2 Å². The molecule has 0 amide bonds. The number of hydrogen-bond donors (Lipinski definition) is 2. The highest BCUT2D eigenvalue weighted by Gasteiger charge is 2.10. The van der Waals surface area contributed by atoms with Crippen LogP contribution in [0.3, 0.4) is 0 Å². The zero-order chi connectivity index (χ0) is 14.1. The molecule has 0 radical (unpaired) electrons. The summed E-state index contributed by atoms with van der Waals surface area (Å²) in [6.07, 6.45) is 0. The van der Waals surface area contributed by atoms with E-state index in [1.54, 1.807) is 19.2 Å². The molecule has 0 fully saturated rings. The maximum Gasteiger partial charge on any atom is 0.337 e. The fourth-order valence-electron chi connectivity index (χ4n) is 1.49. The van der Waals surface area contributed by atoms with Crippen LogP contribution in [0.1, 0.15) is 10.4 Å². The molecule has 0 aliphatic carbocycles. The number of carbonyl (C=O) groups is 1. The lowest BCUT2D eigenvalue weighted by Gasteiger charge is -2.11. The van der Waals surface area contributed by atoms with E-state index in [4.69, 9.17) is 19.3 Å². The van der Waals surface area contributed by atoms with Gasteiger partial charge >= 0.3 is 5.97 Å². The van der Waals surface area contributed by atoms with E-state index in [-0.39, 0.29) is 5.56 Å². The molecule has 19 heavy (non-hydrogen) atoms. The third-order valence-electron chi connectivity index (χ3n) is 2.45. The van der Waals surface area contributed by atoms with Crippen molar-refractivity contribution >= 4 is 11.7 Å². The molecule has 1 aromatic carbocycles. The molecule has 0 aliphatic heterocycles. The number of benzene rings is 1. The lowest BCUT2D eigenvalue weighted by atomic mass is 10.1. The Morgan fingerprint density at radius 1 is 1.26 bits per heavy atom. The second-order valence-corrected chi connectivity index (χ2v) is 3.75. The topological polar surface area (TPSA) is 77.0 Å². The zero-order valence-electron chi connectivity index (χ0n) is 11.1. The van der Waals surface area contributed by atoms with Crippen molar-refractivity contribution < 1.29 is 24.1 Å². The van der Waals surface area contributed by atoms with Crippen LogP contribution in [0.2, 0.25) is 0 Å². The van der Waals surface area contributed by atoms with E-state index in [0.717, 1.165) is 0 Å². The lowest BCUT2D eigenvalue weighted by molar-refractivity contribution is 0.0697. The first-order chi connectivity index (χ1) is 9.19. The largest absolute Gasteiger partial charge is 0.497 e. The fourth-order valence-corrected chi connectivity index (χ4v) is 1.49.